The molecule has 0 aromatic heterocycles. The lowest BCUT2D eigenvalue weighted by Crippen LogP contribution is -2.32. The summed E-state index contributed by atoms with van der Waals surface area (Å²) in [6.45, 7) is 2.32. The summed E-state index contributed by atoms with van der Waals surface area (Å²) in [6, 6.07) is 17.6. The third-order valence-electron chi connectivity index (χ3n) is 5.31. The third-order valence-corrected chi connectivity index (χ3v) is 7.59. The number of carbonyl (C=O) groups excluding carboxylic acids is 1. The number of sulfone groups is 1. The molecule has 3 aromatic carbocycles. The van der Waals surface area contributed by atoms with Crippen molar-refractivity contribution in [3.05, 3.63) is 93.5 Å². The Kier molecular flexibility index (Phi) is 8.73. The third kappa shape index (κ3) is 6.37. The molecule has 6 nitrogen and oxygen atoms in total. The van der Waals surface area contributed by atoms with Gasteiger partial charge in [0.15, 0.2) is 0 Å². The van der Waals surface area contributed by atoms with Crippen LogP contribution < -0.4 is 5.32 Å². The van der Waals surface area contributed by atoms with Gasteiger partial charge in [-0.2, -0.15) is 0 Å². The van der Waals surface area contributed by atoms with Crippen LogP contribution in [0, 0.1) is 0 Å². The number of rotatable bonds is 9. The molecule has 2 atom stereocenters. The fraction of sp³-hybridized carbons (Fsp3) is 0.240. The number of benzene rings is 3. The fourth-order valence-corrected chi connectivity index (χ4v) is 5.41. The van der Waals surface area contributed by atoms with Crippen LogP contribution in [0.3, 0.4) is 0 Å². The monoisotopic (exact) mass is 521 g/mol. The van der Waals surface area contributed by atoms with E-state index in [-0.39, 0.29) is 26.4 Å². The molecule has 0 saturated carbocycles. The highest BCUT2D eigenvalue weighted by Crippen LogP contribution is 2.28. The Morgan fingerprint density at radius 1 is 1.03 bits per heavy atom. The fourth-order valence-electron chi connectivity index (χ4n) is 3.50. The first-order chi connectivity index (χ1) is 16.1. The topological polar surface area (TPSA) is 92.7 Å². The number of esters is 1. The zero-order valence-electron chi connectivity index (χ0n) is 18.7. The van der Waals surface area contributed by atoms with E-state index in [1.54, 1.807) is 30.3 Å². The Morgan fingerprint density at radius 2 is 1.71 bits per heavy atom. The minimum Gasteiger partial charge on any atom is -0.465 e. The van der Waals surface area contributed by atoms with Crippen LogP contribution in [0.5, 0.6) is 0 Å². The average Bonchev–Trinajstić information content (AvgIpc) is 2.82. The van der Waals surface area contributed by atoms with E-state index in [1.807, 2.05) is 13.0 Å². The summed E-state index contributed by atoms with van der Waals surface area (Å²) < 4.78 is 31.1. The van der Waals surface area contributed by atoms with Gasteiger partial charge in [-0.1, -0.05) is 47.5 Å². The number of carbonyl (C=O) groups is 1. The van der Waals surface area contributed by atoms with Crippen molar-refractivity contribution in [2.24, 2.45) is 0 Å². The number of ether oxygens (including phenoxy) is 1. The Labute approximate surface area is 209 Å². The SMILES string of the molecule is COC(=O)c1ccc(Cl)cc1S(=O)(=O)c1ccc(C[C@@H](C)NC[C@@H](O)c2cccc(Cl)c2)cc1. The molecule has 0 aliphatic heterocycles. The molecule has 180 valence electrons. The normalized spacial score (nSPS) is 13.3. The molecule has 0 amide bonds. The number of hydrogen-bond donors (Lipinski definition) is 2. The molecule has 0 fully saturated rings. The maximum absolute atomic E-state index is 13.2. The highest BCUT2D eigenvalue weighted by molar-refractivity contribution is 7.91. The van der Waals surface area contributed by atoms with Gasteiger partial charge in [0.2, 0.25) is 9.84 Å². The number of hydrogen-bond acceptors (Lipinski definition) is 6. The zero-order valence-corrected chi connectivity index (χ0v) is 21.0. The van der Waals surface area contributed by atoms with Crippen LogP contribution in [-0.2, 0) is 21.0 Å². The molecular formula is C25H25Cl2NO5S. The number of aliphatic hydroxyl groups is 1. The second-order valence-corrected chi connectivity index (χ2v) is 10.7. The Hall–Kier alpha value is -2.42. The Bertz CT molecular complexity index is 1260. The minimum absolute atomic E-state index is 0.0233. The van der Waals surface area contributed by atoms with E-state index in [4.69, 9.17) is 27.9 Å². The molecule has 0 aliphatic carbocycles. The molecular weight excluding hydrogens is 497 g/mol. The molecule has 0 unspecified atom stereocenters. The molecule has 2 N–H and O–H groups in total. The number of aliphatic hydroxyl groups excluding tert-OH is 1. The van der Waals surface area contributed by atoms with Crippen molar-refractivity contribution in [1.82, 2.24) is 5.32 Å². The quantitative estimate of drug-likeness (QED) is 0.390. The van der Waals surface area contributed by atoms with E-state index in [2.05, 4.69) is 5.32 Å². The molecule has 0 spiro atoms. The van der Waals surface area contributed by atoms with Gasteiger partial charge in [0.25, 0.3) is 0 Å². The summed E-state index contributed by atoms with van der Waals surface area (Å²) in [5.74, 6) is -0.758. The largest absolute Gasteiger partial charge is 0.465 e. The maximum Gasteiger partial charge on any atom is 0.339 e. The molecule has 3 rings (SSSR count). The molecule has 0 radical (unpaired) electrons. The Morgan fingerprint density at radius 3 is 2.35 bits per heavy atom. The van der Waals surface area contributed by atoms with Crippen molar-refractivity contribution in [3.8, 4) is 0 Å². The van der Waals surface area contributed by atoms with Crippen molar-refractivity contribution in [2.75, 3.05) is 13.7 Å². The molecule has 34 heavy (non-hydrogen) atoms. The summed E-state index contributed by atoms with van der Waals surface area (Å²) in [7, 11) is -2.81. The van der Waals surface area contributed by atoms with Gasteiger partial charge in [-0.15, -0.1) is 0 Å². The van der Waals surface area contributed by atoms with Crippen molar-refractivity contribution < 1.29 is 23.1 Å². The van der Waals surface area contributed by atoms with Gasteiger partial charge in [-0.3, -0.25) is 0 Å². The lowest BCUT2D eigenvalue weighted by molar-refractivity contribution is 0.0596. The van der Waals surface area contributed by atoms with E-state index in [9.17, 15) is 18.3 Å². The summed E-state index contributed by atoms with van der Waals surface area (Å²) in [6.07, 6.45) is -0.0805. The van der Waals surface area contributed by atoms with Crippen molar-refractivity contribution in [3.63, 3.8) is 0 Å². The first-order valence-electron chi connectivity index (χ1n) is 10.5. The number of nitrogens with one attached hydrogen (secondary N) is 1. The van der Waals surface area contributed by atoms with Crippen molar-refractivity contribution in [1.29, 1.82) is 0 Å². The predicted octanol–water partition coefficient (Wildman–Crippen LogP) is 4.87. The molecule has 9 heteroatoms. The smallest absolute Gasteiger partial charge is 0.339 e. The van der Waals surface area contributed by atoms with Gasteiger partial charge < -0.3 is 15.2 Å². The van der Waals surface area contributed by atoms with Gasteiger partial charge in [0.1, 0.15) is 0 Å². The van der Waals surface area contributed by atoms with Crippen molar-refractivity contribution in [2.45, 2.75) is 35.3 Å². The van der Waals surface area contributed by atoms with E-state index in [1.165, 1.54) is 37.4 Å². The highest BCUT2D eigenvalue weighted by atomic mass is 35.5. The van der Waals surface area contributed by atoms with Gasteiger partial charge in [-0.05, 0) is 66.9 Å². The average molecular weight is 522 g/mol. The first-order valence-corrected chi connectivity index (χ1v) is 12.7. The molecule has 0 bridgehead atoms. The van der Waals surface area contributed by atoms with Gasteiger partial charge in [0, 0.05) is 22.6 Å². The van der Waals surface area contributed by atoms with Crippen LogP contribution >= 0.6 is 23.2 Å². The van der Waals surface area contributed by atoms with Crippen LogP contribution in [-0.4, -0.2) is 39.2 Å². The second-order valence-electron chi connectivity index (χ2n) is 7.86. The minimum atomic E-state index is -3.99. The first kappa shape index (κ1) is 26.2. The zero-order chi connectivity index (χ0) is 24.9. The van der Waals surface area contributed by atoms with Gasteiger partial charge in [0.05, 0.1) is 28.6 Å². The van der Waals surface area contributed by atoms with Crippen molar-refractivity contribution >= 4 is 39.0 Å². The molecule has 0 aliphatic rings. The van der Waals surface area contributed by atoms with E-state index in [0.717, 1.165) is 11.1 Å². The Balaban J connectivity index is 1.69. The molecule has 3 aromatic rings. The van der Waals surface area contributed by atoms with Gasteiger partial charge in [-0.25, -0.2) is 13.2 Å². The van der Waals surface area contributed by atoms with E-state index in [0.29, 0.717) is 18.0 Å². The summed E-state index contributed by atoms with van der Waals surface area (Å²) in [5.41, 5.74) is 1.57. The van der Waals surface area contributed by atoms with Crippen LogP contribution in [0.1, 0.15) is 34.5 Å². The van der Waals surface area contributed by atoms with Gasteiger partial charge >= 0.3 is 5.97 Å². The van der Waals surface area contributed by atoms with E-state index < -0.39 is 21.9 Å². The van der Waals surface area contributed by atoms with E-state index >= 15 is 0 Å². The lowest BCUT2D eigenvalue weighted by atomic mass is 10.1. The number of halogens is 2. The summed E-state index contributed by atoms with van der Waals surface area (Å²) in [4.78, 5) is 11.9. The lowest BCUT2D eigenvalue weighted by Gasteiger charge is -2.18. The van der Waals surface area contributed by atoms with Crippen LogP contribution in [0.4, 0.5) is 0 Å². The molecule has 0 saturated heterocycles. The predicted molar refractivity (Wildman–Crippen MR) is 132 cm³/mol. The summed E-state index contributed by atoms with van der Waals surface area (Å²) >= 11 is 12.0. The standard InChI is InChI=1S/C25H25Cl2NO5S/c1-16(28-15-23(29)18-4-3-5-19(26)13-18)12-17-6-9-21(10-7-17)34(31,32)24-14-20(27)8-11-22(24)25(30)33-2/h3-11,13-14,16,23,28-29H,12,15H2,1-2H3/t16-,23-/m1/s1. The van der Waals surface area contributed by atoms with Crippen LogP contribution in [0.15, 0.2) is 76.5 Å². The summed E-state index contributed by atoms with van der Waals surface area (Å²) in [5, 5.41) is 14.4. The molecule has 0 heterocycles. The second kappa shape index (κ2) is 11.3. The maximum atomic E-state index is 13.2. The number of methoxy groups -OCH3 is 1. The highest BCUT2D eigenvalue weighted by Gasteiger charge is 2.25. The van der Waals surface area contributed by atoms with Crippen LogP contribution in [0.25, 0.3) is 0 Å². The van der Waals surface area contributed by atoms with Crippen LogP contribution in [0.2, 0.25) is 10.0 Å².